The van der Waals surface area contributed by atoms with E-state index in [1.165, 1.54) is 13.8 Å². The summed E-state index contributed by atoms with van der Waals surface area (Å²) in [6.07, 6.45) is -8.64. The molecule has 1 aliphatic heterocycles. The van der Waals surface area contributed by atoms with Gasteiger partial charge in [-0.3, -0.25) is 0 Å². The van der Waals surface area contributed by atoms with E-state index in [4.69, 9.17) is 49.4 Å². The summed E-state index contributed by atoms with van der Waals surface area (Å²) in [5, 5.41) is 37.7. The van der Waals surface area contributed by atoms with E-state index in [9.17, 15) is 20.1 Å². The van der Waals surface area contributed by atoms with E-state index in [0.29, 0.717) is 0 Å². The number of carboxylic acids is 1. The predicted octanol–water partition coefficient (Wildman–Crippen LogP) is 0.0440. The summed E-state index contributed by atoms with van der Waals surface area (Å²) in [4.78, 5) is 10.9. The molecule has 20 heavy (non-hydrogen) atoms. The molecular formula is C10H15Cl3O7. The topological polar surface area (TPSA) is 116 Å². The predicted molar refractivity (Wildman–Crippen MR) is 69.8 cm³/mol. The molecule has 0 saturated carbocycles. The molecular weight excluding hydrogens is 338 g/mol. The molecule has 1 aliphatic rings. The molecule has 1 rings (SSSR count). The van der Waals surface area contributed by atoms with Gasteiger partial charge in [0, 0.05) is 0 Å². The van der Waals surface area contributed by atoms with Gasteiger partial charge in [-0.1, -0.05) is 34.8 Å². The highest BCUT2D eigenvalue weighted by atomic mass is 35.6. The fourth-order valence-electron chi connectivity index (χ4n) is 1.51. The first-order valence-corrected chi connectivity index (χ1v) is 6.69. The van der Waals surface area contributed by atoms with Crippen LogP contribution in [0.15, 0.2) is 0 Å². The van der Waals surface area contributed by atoms with E-state index in [1.54, 1.807) is 0 Å². The summed E-state index contributed by atoms with van der Waals surface area (Å²) in [7, 11) is 0. The zero-order chi connectivity index (χ0) is 15.9. The first kappa shape index (κ1) is 18.2. The van der Waals surface area contributed by atoms with Crippen molar-refractivity contribution in [2.75, 3.05) is 0 Å². The third-order valence-electron chi connectivity index (χ3n) is 2.91. The molecule has 118 valence electrons. The van der Waals surface area contributed by atoms with Gasteiger partial charge in [0.15, 0.2) is 12.4 Å². The van der Waals surface area contributed by atoms with E-state index < -0.39 is 46.1 Å². The molecule has 0 bridgehead atoms. The lowest BCUT2D eigenvalue weighted by Crippen LogP contribution is -2.62. The molecule has 0 aromatic carbocycles. The van der Waals surface area contributed by atoms with Crippen LogP contribution in [0.4, 0.5) is 0 Å². The number of aliphatic carboxylic acids is 1. The van der Waals surface area contributed by atoms with Crippen LogP contribution in [0, 0.1) is 0 Å². The summed E-state index contributed by atoms with van der Waals surface area (Å²) in [6, 6.07) is 0. The Bertz CT molecular complexity index is 370. The van der Waals surface area contributed by atoms with Gasteiger partial charge in [-0.05, 0) is 13.8 Å². The molecule has 7 nitrogen and oxygen atoms in total. The van der Waals surface area contributed by atoms with Gasteiger partial charge in [0.25, 0.3) is 0 Å². The molecule has 5 atom stereocenters. The Morgan fingerprint density at radius 1 is 1.10 bits per heavy atom. The van der Waals surface area contributed by atoms with Crippen molar-refractivity contribution in [3.63, 3.8) is 0 Å². The second kappa shape index (κ2) is 6.10. The largest absolute Gasteiger partial charge is 0.479 e. The number of alkyl halides is 3. The third kappa shape index (κ3) is 3.66. The van der Waals surface area contributed by atoms with Gasteiger partial charge in [-0.25, -0.2) is 4.79 Å². The van der Waals surface area contributed by atoms with Crippen LogP contribution < -0.4 is 0 Å². The first-order valence-electron chi connectivity index (χ1n) is 5.55. The van der Waals surface area contributed by atoms with E-state index in [0.717, 1.165) is 0 Å². The molecule has 10 heteroatoms. The Morgan fingerprint density at radius 2 is 1.60 bits per heavy atom. The summed E-state index contributed by atoms with van der Waals surface area (Å²) in [5.74, 6) is -1.52. The second-order valence-corrected chi connectivity index (χ2v) is 7.14. The van der Waals surface area contributed by atoms with Crippen LogP contribution in [0.5, 0.6) is 0 Å². The normalized spacial score (nSPS) is 35.9. The van der Waals surface area contributed by atoms with Crippen molar-refractivity contribution < 1.29 is 34.7 Å². The number of hydrogen-bond acceptors (Lipinski definition) is 6. The monoisotopic (exact) mass is 352 g/mol. The third-order valence-corrected chi connectivity index (χ3v) is 4.27. The maximum Gasteiger partial charge on any atom is 0.335 e. The van der Waals surface area contributed by atoms with Crippen molar-refractivity contribution in [3.8, 4) is 0 Å². The van der Waals surface area contributed by atoms with Gasteiger partial charge in [0.2, 0.25) is 3.79 Å². The Labute approximate surface area is 129 Å². The molecule has 5 unspecified atom stereocenters. The Morgan fingerprint density at radius 3 is 2.00 bits per heavy atom. The Balaban J connectivity index is 2.92. The molecule has 1 fully saturated rings. The lowest BCUT2D eigenvalue weighted by molar-refractivity contribution is -0.315. The highest BCUT2D eigenvalue weighted by Crippen LogP contribution is 2.42. The highest BCUT2D eigenvalue weighted by Gasteiger charge is 2.51. The van der Waals surface area contributed by atoms with Gasteiger partial charge in [-0.15, -0.1) is 0 Å². The zero-order valence-electron chi connectivity index (χ0n) is 10.5. The van der Waals surface area contributed by atoms with Crippen molar-refractivity contribution in [3.05, 3.63) is 0 Å². The number of aliphatic hydroxyl groups excluding tert-OH is 3. The minimum atomic E-state index is -1.89. The number of hydrogen-bond donors (Lipinski definition) is 4. The van der Waals surface area contributed by atoms with Crippen molar-refractivity contribution >= 4 is 40.8 Å². The van der Waals surface area contributed by atoms with Gasteiger partial charge in [0.05, 0.1) is 0 Å². The Kier molecular flexibility index (Phi) is 5.55. The number of aliphatic hydroxyl groups is 3. The van der Waals surface area contributed by atoms with Crippen molar-refractivity contribution in [1.82, 2.24) is 0 Å². The minimum absolute atomic E-state index is 1.38. The first-order chi connectivity index (χ1) is 8.88. The van der Waals surface area contributed by atoms with Gasteiger partial charge in [-0.2, -0.15) is 0 Å². The standard InChI is InChI=1S/C10H15Cl3O7/c1-9(2,10(11,12)13)20-8-5(16)3(14)4(15)6(19-8)7(17)18/h3-6,8,14-16H,1-2H3,(H,17,18). The van der Waals surface area contributed by atoms with Crippen LogP contribution in [-0.4, -0.2) is 66.5 Å². The Hall–Kier alpha value is 0.140. The minimum Gasteiger partial charge on any atom is -0.479 e. The lowest BCUT2D eigenvalue weighted by atomic mass is 9.98. The van der Waals surface area contributed by atoms with E-state index in [2.05, 4.69) is 0 Å². The van der Waals surface area contributed by atoms with Gasteiger partial charge in [0.1, 0.15) is 23.9 Å². The highest BCUT2D eigenvalue weighted by molar-refractivity contribution is 6.68. The molecule has 1 heterocycles. The van der Waals surface area contributed by atoms with E-state index >= 15 is 0 Å². The average molecular weight is 354 g/mol. The fourth-order valence-corrected chi connectivity index (χ4v) is 1.64. The lowest BCUT2D eigenvalue weighted by Gasteiger charge is -2.43. The average Bonchev–Trinajstić information content (AvgIpc) is 2.27. The number of carboxylic acid groups (broad SMARTS) is 1. The molecule has 0 amide bonds. The maximum atomic E-state index is 10.9. The summed E-state index contributed by atoms with van der Waals surface area (Å²) < 4.78 is 8.28. The molecule has 0 aromatic heterocycles. The van der Waals surface area contributed by atoms with Crippen LogP contribution in [0.1, 0.15) is 13.8 Å². The smallest absolute Gasteiger partial charge is 0.335 e. The van der Waals surface area contributed by atoms with Crippen molar-refractivity contribution in [2.45, 2.75) is 53.9 Å². The van der Waals surface area contributed by atoms with E-state index in [-0.39, 0.29) is 0 Å². The molecule has 0 radical (unpaired) electrons. The fraction of sp³-hybridized carbons (Fsp3) is 0.900. The number of halogens is 3. The van der Waals surface area contributed by atoms with Crippen LogP contribution >= 0.6 is 34.8 Å². The summed E-state index contributed by atoms with van der Waals surface area (Å²) in [6.45, 7) is 2.76. The van der Waals surface area contributed by atoms with Crippen LogP contribution in [-0.2, 0) is 14.3 Å². The summed E-state index contributed by atoms with van der Waals surface area (Å²) >= 11 is 17.1. The van der Waals surface area contributed by atoms with Gasteiger partial charge < -0.3 is 29.9 Å². The summed E-state index contributed by atoms with van der Waals surface area (Å²) in [5.41, 5.74) is -1.45. The van der Waals surface area contributed by atoms with Crippen LogP contribution in [0.3, 0.4) is 0 Å². The maximum absolute atomic E-state index is 10.9. The molecule has 0 spiro atoms. The molecule has 1 saturated heterocycles. The quantitative estimate of drug-likeness (QED) is 0.529. The van der Waals surface area contributed by atoms with Gasteiger partial charge >= 0.3 is 5.97 Å². The van der Waals surface area contributed by atoms with E-state index in [1.807, 2.05) is 0 Å². The molecule has 4 N–H and O–H groups in total. The number of ether oxygens (including phenoxy) is 2. The van der Waals surface area contributed by atoms with Crippen LogP contribution in [0.25, 0.3) is 0 Å². The van der Waals surface area contributed by atoms with Crippen molar-refractivity contribution in [1.29, 1.82) is 0 Å². The molecule has 0 aliphatic carbocycles. The SMILES string of the molecule is CC(C)(OC1OC(C(=O)O)C(O)C(O)C1O)C(Cl)(Cl)Cl. The number of rotatable bonds is 3. The zero-order valence-corrected chi connectivity index (χ0v) is 12.8. The second-order valence-electron chi connectivity index (χ2n) is 4.86. The number of carbonyl (C=O) groups is 1. The van der Waals surface area contributed by atoms with Crippen molar-refractivity contribution in [2.24, 2.45) is 0 Å². The van der Waals surface area contributed by atoms with Crippen LogP contribution in [0.2, 0.25) is 0 Å². The molecule has 0 aromatic rings.